The molecular formula is C16H16Cl2N2O2S. The Morgan fingerprint density at radius 1 is 1.17 bits per heavy atom. The lowest BCUT2D eigenvalue weighted by molar-refractivity contribution is 0.0747. The van der Waals surface area contributed by atoms with Crippen molar-refractivity contribution >= 4 is 46.1 Å². The van der Waals surface area contributed by atoms with Crippen LogP contribution in [0.4, 0.5) is 5.69 Å². The van der Waals surface area contributed by atoms with Crippen molar-refractivity contribution in [1.82, 2.24) is 4.90 Å². The van der Waals surface area contributed by atoms with Gasteiger partial charge in [-0.25, -0.2) is 0 Å². The molecule has 0 saturated carbocycles. The second kappa shape index (κ2) is 6.99. The third kappa shape index (κ3) is 3.57. The third-order valence-corrected chi connectivity index (χ3v) is 5.36. The molecule has 1 aromatic heterocycles. The molecule has 1 aliphatic heterocycles. The summed E-state index contributed by atoms with van der Waals surface area (Å²) < 4.78 is 6.25. The number of hydrogen-bond acceptors (Lipinski definition) is 4. The number of benzene rings is 1. The zero-order valence-corrected chi connectivity index (χ0v) is 14.9. The Hall–Kier alpha value is -1.43. The highest BCUT2D eigenvalue weighted by Crippen LogP contribution is 2.32. The summed E-state index contributed by atoms with van der Waals surface area (Å²) in [6.45, 7) is 2.85. The summed E-state index contributed by atoms with van der Waals surface area (Å²) in [5.41, 5.74) is 1.60. The molecule has 1 aliphatic rings. The van der Waals surface area contributed by atoms with Crippen LogP contribution in [-0.2, 0) is 0 Å². The first-order valence-electron chi connectivity index (χ1n) is 7.21. The Kier molecular flexibility index (Phi) is 4.99. The molecule has 1 fully saturated rings. The molecule has 4 nitrogen and oxygen atoms in total. The van der Waals surface area contributed by atoms with E-state index in [0.29, 0.717) is 27.3 Å². The SMILES string of the molecule is COc1cccc(N2CCN(C(=O)c3cc(Cl)sc3Cl)CC2)c1. The zero-order valence-electron chi connectivity index (χ0n) is 12.6. The standard InChI is InChI=1S/C16H16Cl2N2O2S/c1-22-12-4-2-3-11(9-12)19-5-7-20(8-6-19)16(21)13-10-14(17)23-15(13)18/h2-4,9-10H,5-8H2,1H3. The Labute approximate surface area is 149 Å². The fourth-order valence-corrected chi connectivity index (χ4v) is 4.08. The molecule has 0 aliphatic carbocycles. The number of methoxy groups -OCH3 is 1. The summed E-state index contributed by atoms with van der Waals surface area (Å²) >= 11 is 13.2. The van der Waals surface area contributed by atoms with Crippen molar-refractivity contribution in [2.45, 2.75) is 0 Å². The minimum absolute atomic E-state index is 0.0524. The lowest BCUT2D eigenvalue weighted by Crippen LogP contribution is -2.48. The minimum Gasteiger partial charge on any atom is -0.497 e. The molecule has 0 radical (unpaired) electrons. The van der Waals surface area contributed by atoms with E-state index in [4.69, 9.17) is 27.9 Å². The van der Waals surface area contributed by atoms with Gasteiger partial charge < -0.3 is 14.5 Å². The van der Waals surface area contributed by atoms with E-state index < -0.39 is 0 Å². The molecule has 2 aromatic rings. The van der Waals surface area contributed by atoms with Crippen LogP contribution >= 0.6 is 34.5 Å². The number of anilines is 1. The van der Waals surface area contributed by atoms with Gasteiger partial charge in [-0.15, -0.1) is 11.3 Å². The van der Waals surface area contributed by atoms with Gasteiger partial charge in [-0.1, -0.05) is 29.3 Å². The largest absolute Gasteiger partial charge is 0.497 e. The Morgan fingerprint density at radius 2 is 1.91 bits per heavy atom. The summed E-state index contributed by atoms with van der Waals surface area (Å²) in [6, 6.07) is 9.60. The molecule has 0 spiro atoms. The molecule has 122 valence electrons. The van der Waals surface area contributed by atoms with Crippen LogP contribution in [0.1, 0.15) is 10.4 Å². The van der Waals surface area contributed by atoms with Crippen LogP contribution in [0.3, 0.4) is 0 Å². The summed E-state index contributed by atoms with van der Waals surface area (Å²) in [6.07, 6.45) is 0. The first-order valence-corrected chi connectivity index (χ1v) is 8.79. The predicted molar refractivity (Wildman–Crippen MR) is 95.4 cm³/mol. The summed E-state index contributed by atoms with van der Waals surface area (Å²) in [5.74, 6) is 0.782. The van der Waals surface area contributed by atoms with E-state index in [2.05, 4.69) is 11.0 Å². The molecule has 1 saturated heterocycles. The Bertz CT molecular complexity index is 712. The van der Waals surface area contributed by atoms with Crippen molar-refractivity contribution in [1.29, 1.82) is 0 Å². The van der Waals surface area contributed by atoms with Crippen LogP contribution < -0.4 is 9.64 Å². The molecule has 23 heavy (non-hydrogen) atoms. The van der Waals surface area contributed by atoms with Crippen LogP contribution in [0.5, 0.6) is 5.75 Å². The fourth-order valence-electron chi connectivity index (χ4n) is 2.63. The van der Waals surface area contributed by atoms with Gasteiger partial charge in [0.05, 0.1) is 17.0 Å². The summed E-state index contributed by atoms with van der Waals surface area (Å²) in [5, 5.41) is 0. The lowest BCUT2D eigenvalue weighted by atomic mass is 10.2. The summed E-state index contributed by atoms with van der Waals surface area (Å²) in [7, 11) is 1.66. The van der Waals surface area contributed by atoms with Crippen molar-refractivity contribution in [3.63, 3.8) is 0 Å². The molecule has 0 N–H and O–H groups in total. The van der Waals surface area contributed by atoms with Crippen LogP contribution in [-0.4, -0.2) is 44.1 Å². The average Bonchev–Trinajstić information content (AvgIpc) is 2.93. The molecule has 3 rings (SSSR count). The second-order valence-corrected chi connectivity index (χ2v) is 7.50. The highest BCUT2D eigenvalue weighted by Gasteiger charge is 2.25. The van der Waals surface area contributed by atoms with Gasteiger partial charge in [0.15, 0.2) is 0 Å². The smallest absolute Gasteiger partial charge is 0.256 e. The maximum absolute atomic E-state index is 12.5. The van der Waals surface area contributed by atoms with Gasteiger partial charge in [-0.3, -0.25) is 4.79 Å². The maximum atomic E-state index is 12.5. The Morgan fingerprint density at radius 3 is 2.52 bits per heavy atom. The summed E-state index contributed by atoms with van der Waals surface area (Å²) in [4.78, 5) is 16.6. The highest BCUT2D eigenvalue weighted by atomic mass is 35.5. The van der Waals surface area contributed by atoms with Crippen LogP contribution in [0, 0.1) is 0 Å². The number of hydrogen-bond donors (Lipinski definition) is 0. The molecule has 0 unspecified atom stereocenters. The van der Waals surface area contributed by atoms with Gasteiger partial charge in [0.1, 0.15) is 10.1 Å². The van der Waals surface area contributed by atoms with E-state index in [1.54, 1.807) is 13.2 Å². The van der Waals surface area contributed by atoms with Crippen LogP contribution in [0.25, 0.3) is 0 Å². The van der Waals surface area contributed by atoms with E-state index in [1.165, 1.54) is 11.3 Å². The second-order valence-electron chi connectivity index (χ2n) is 5.22. The normalized spacial score (nSPS) is 14.9. The number of ether oxygens (including phenoxy) is 1. The van der Waals surface area contributed by atoms with Crippen molar-refractivity contribution < 1.29 is 9.53 Å². The quantitative estimate of drug-likeness (QED) is 0.817. The van der Waals surface area contributed by atoms with E-state index in [1.807, 2.05) is 23.1 Å². The van der Waals surface area contributed by atoms with Crippen molar-refractivity contribution in [3.8, 4) is 5.75 Å². The number of nitrogens with zero attached hydrogens (tertiary/aromatic N) is 2. The van der Waals surface area contributed by atoms with E-state index >= 15 is 0 Å². The number of piperazine rings is 1. The van der Waals surface area contributed by atoms with Gasteiger partial charge in [0, 0.05) is 37.9 Å². The number of halogens is 2. The van der Waals surface area contributed by atoms with Gasteiger partial charge in [0.25, 0.3) is 5.91 Å². The zero-order chi connectivity index (χ0) is 16.4. The third-order valence-electron chi connectivity index (χ3n) is 3.87. The monoisotopic (exact) mass is 370 g/mol. The van der Waals surface area contributed by atoms with E-state index in [9.17, 15) is 4.79 Å². The predicted octanol–water partition coefficient (Wildman–Crippen LogP) is 4.03. The fraction of sp³-hybridized carbons (Fsp3) is 0.312. The number of rotatable bonds is 3. The van der Waals surface area contributed by atoms with E-state index in [-0.39, 0.29) is 5.91 Å². The number of carbonyl (C=O) groups excluding carboxylic acids is 1. The molecule has 2 heterocycles. The number of carbonyl (C=O) groups is 1. The first kappa shape index (κ1) is 16.4. The van der Waals surface area contributed by atoms with Crippen LogP contribution in [0.2, 0.25) is 8.67 Å². The van der Waals surface area contributed by atoms with Crippen molar-refractivity contribution in [2.75, 3.05) is 38.2 Å². The Balaban J connectivity index is 1.66. The maximum Gasteiger partial charge on any atom is 0.256 e. The minimum atomic E-state index is -0.0524. The van der Waals surface area contributed by atoms with Gasteiger partial charge in [0.2, 0.25) is 0 Å². The van der Waals surface area contributed by atoms with Crippen LogP contribution in [0.15, 0.2) is 30.3 Å². The van der Waals surface area contributed by atoms with Gasteiger partial charge in [-0.2, -0.15) is 0 Å². The molecule has 0 atom stereocenters. The van der Waals surface area contributed by atoms with Gasteiger partial charge >= 0.3 is 0 Å². The van der Waals surface area contributed by atoms with E-state index in [0.717, 1.165) is 24.5 Å². The van der Waals surface area contributed by atoms with Crippen molar-refractivity contribution in [3.05, 3.63) is 44.6 Å². The molecule has 7 heteroatoms. The molecular weight excluding hydrogens is 355 g/mol. The highest BCUT2D eigenvalue weighted by molar-refractivity contribution is 7.20. The van der Waals surface area contributed by atoms with Gasteiger partial charge in [-0.05, 0) is 18.2 Å². The molecule has 1 amide bonds. The number of amides is 1. The average molecular weight is 371 g/mol. The topological polar surface area (TPSA) is 32.8 Å². The number of thiophene rings is 1. The lowest BCUT2D eigenvalue weighted by Gasteiger charge is -2.36. The van der Waals surface area contributed by atoms with Crippen molar-refractivity contribution in [2.24, 2.45) is 0 Å². The first-order chi connectivity index (χ1) is 11.1. The molecule has 1 aromatic carbocycles. The molecule has 0 bridgehead atoms.